The van der Waals surface area contributed by atoms with Crippen LogP contribution in [0.1, 0.15) is 11.6 Å². The summed E-state index contributed by atoms with van der Waals surface area (Å²) in [6, 6.07) is 1.85. The highest BCUT2D eigenvalue weighted by molar-refractivity contribution is 5.89. The summed E-state index contributed by atoms with van der Waals surface area (Å²) >= 11 is 0. The van der Waals surface area contributed by atoms with Gasteiger partial charge in [-0.15, -0.1) is 0 Å². The third-order valence-electron chi connectivity index (χ3n) is 4.38. The van der Waals surface area contributed by atoms with E-state index in [1.165, 1.54) is 6.20 Å². The maximum absolute atomic E-state index is 12.3. The van der Waals surface area contributed by atoms with E-state index in [2.05, 4.69) is 20.7 Å². The van der Waals surface area contributed by atoms with E-state index in [-0.39, 0.29) is 0 Å². The Bertz CT molecular complexity index is 752. The van der Waals surface area contributed by atoms with Crippen molar-refractivity contribution in [1.82, 2.24) is 20.1 Å². The maximum Gasteiger partial charge on any atom is 0.319 e. The Labute approximate surface area is 144 Å². The van der Waals surface area contributed by atoms with Crippen LogP contribution >= 0.6 is 0 Å². The average molecular weight is 345 g/mol. The second kappa shape index (κ2) is 6.43. The van der Waals surface area contributed by atoms with Crippen LogP contribution < -0.4 is 10.6 Å². The second-order valence-corrected chi connectivity index (χ2v) is 6.22. The van der Waals surface area contributed by atoms with Crippen molar-refractivity contribution in [2.75, 3.05) is 11.9 Å². The average Bonchev–Trinajstić information content (AvgIpc) is 3.21. The van der Waals surface area contributed by atoms with E-state index in [1.807, 2.05) is 13.1 Å². The number of pyridine rings is 1. The van der Waals surface area contributed by atoms with E-state index in [4.69, 9.17) is 9.47 Å². The Kier molecular flexibility index (Phi) is 4.12. The van der Waals surface area contributed by atoms with Crippen LogP contribution in [-0.2, 0) is 9.47 Å². The predicted octanol–water partition coefficient (Wildman–Crippen LogP) is 0.434. The summed E-state index contributed by atoms with van der Waals surface area (Å²) in [5.41, 5.74) is 1.53. The van der Waals surface area contributed by atoms with Crippen LogP contribution in [0.5, 0.6) is 0 Å². The topological polar surface area (TPSA) is 111 Å². The van der Waals surface area contributed by atoms with E-state index in [9.17, 15) is 9.90 Å². The number of hydrogen-bond acceptors (Lipinski definition) is 6. The van der Waals surface area contributed by atoms with Crippen molar-refractivity contribution >= 4 is 11.7 Å². The van der Waals surface area contributed by atoms with Gasteiger partial charge in [0, 0.05) is 12.4 Å². The molecule has 2 amide bonds. The normalized spacial score (nSPS) is 30.9. The standard InChI is InChI=1S/C16H19N5O4/c1-9-5-18-21(7-9)13-14(22)12(11-8-24-15(13)25-11)20-16(23)19-10-3-2-4-17-6-10/h2-7,11-15,22H,8H2,1H3,(H2,19,20,23). The molecule has 2 aromatic heterocycles. The summed E-state index contributed by atoms with van der Waals surface area (Å²) in [6.07, 6.45) is 4.78. The smallest absolute Gasteiger partial charge is 0.319 e. The number of carbonyl (C=O) groups is 1. The molecule has 0 aliphatic carbocycles. The molecule has 0 radical (unpaired) electrons. The van der Waals surface area contributed by atoms with Crippen LogP contribution in [0.25, 0.3) is 0 Å². The number of urea groups is 1. The number of nitrogens with one attached hydrogen (secondary N) is 2. The van der Waals surface area contributed by atoms with Crippen LogP contribution in [0.3, 0.4) is 0 Å². The largest absolute Gasteiger partial charge is 0.388 e. The molecule has 0 aromatic carbocycles. The van der Waals surface area contributed by atoms with Gasteiger partial charge in [0.25, 0.3) is 0 Å². The Balaban J connectivity index is 1.49. The molecule has 25 heavy (non-hydrogen) atoms. The molecule has 9 heteroatoms. The number of amides is 2. The summed E-state index contributed by atoms with van der Waals surface area (Å²) in [6.45, 7) is 2.21. The molecule has 4 heterocycles. The van der Waals surface area contributed by atoms with Crippen LogP contribution in [0.2, 0.25) is 0 Å². The van der Waals surface area contributed by atoms with E-state index >= 15 is 0 Å². The molecule has 2 aliphatic heterocycles. The number of fused-ring (bicyclic) bond motifs is 2. The summed E-state index contributed by atoms with van der Waals surface area (Å²) in [5.74, 6) is 0. The van der Waals surface area contributed by atoms with Gasteiger partial charge in [0.1, 0.15) is 18.2 Å². The van der Waals surface area contributed by atoms with Crippen molar-refractivity contribution in [3.63, 3.8) is 0 Å². The lowest BCUT2D eigenvalue weighted by Gasteiger charge is -2.38. The van der Waals surface area contributed by atoms with Crippen molar-refractivity contribution in [1.29, 1.82) is 0 Å². The van der Waals surface area contributed by atoms with Crippen molar-refractivity contribution in [3.05, 3.63) is 42.5 Å². The molecule has 4 rings (SSSR count). The van der Waals surface area contributed by atoms with Gasteiger partial charge in [-0.3, -0.25) is 9.67 Å². The SMILES string of the molecule is Cc1cnn(C2C3OCC(O3)C(NC(=O)Nc3cccnc3)C2O)c1. The molecule has 3 N–H and O–H groups in total. The van der Waals surface area contributed by atoms with E-state index in [0.717, 1.165) is 5.56 Å². The highest BCUT2D eigenvalue weighted by atomic mass is 16.7. The minimum absolute atomic E-state index is 0.302. The number of aliphatic hydroxyl groups is 1. The maximum atomic E-state index is 12.3. The Morgan fingerprint density at radius 3 is 3.04 bits per heavy atom. The first-order chi connectivity index (χ1) is 12.1. The highest BCUT2D eigenvalue weighted by Gasteiger charge is 2.51. The Hall–Kier alpha value is -2.49. The molecular formula is C16H19N5O4. The number of hydrogen-bond donors (Lipinski definition) is 3. The number of carbonyl (C=O) groups excluding carboxylic acids is 1. The lowest BCUT2D eigenvalue weighted by Crippen LogP contribution is -2.59. The second-order valence-electron chi connectivity index (χ2n) is 6.22. The molecule has 2 aromatic rings. The van der Waals surface area contributed by atoms with Gasteiger partial charge in [-0.05, 0) is 24.6 Å². The van der Waals surface area contributed by atoms with Gasteiger partial charge in [0.05, 0.1) is 30.7 Å². The fourth-order valence-electron chi connectivity index (χ4n) is 3.21. The molecule has 0 spiro atoms. The first-order valence-electron chi connectivity index (χ1n) is 8.05. The number of rotatable bonds is 3. The fraction of sp³-hybridized carbons (Fsp3) is 0.438. The molecule has 9 nitrogen and oxygen atoms in total. The molecule has 2 bridgehead atoms. The number of ether oxygens (including phenoxy) is 2. The molecule has 5 atom stereocenters. The van der Waals surface area contributed by atoms with Gasteiger partial charge in [-0.2, -0.15) is 5.10 Å². The fourth-order valence-corrected chi connectivity index (χ4v) is 3.21. The number of aromatic nitrogens is 3. The van der Waals surface area contributed by atoms with E-state index < -0.39 is 36.6 Å². The van der Waals surface area contributed by atoms with Gasteiger partial charge >= 0.3 is 6.03 Å². The lowest BCUT2D eigenvalue weighted by atomic mass is 9.96. The zero-order valence-electron chi connectivity index (χ0n) is 13.6. The molecular weight excluding hydrogens is 326 g/mol. The van der Waals surface area contributed by atoms with E-state index in [0.29, 0.717) is 12.3 Å². The summed E-state index contributed by atoms with van der Waals surface area (Å²) in [7, 11) is 0. The zero-order valence-corrected chi connectivity index (χ0v) is 13.6. The zero-order chi connectivity index (χ0) is 17.4. The van der Waals surface area contributed by atoms with Crippen molar-refractivity contribution in [3.8, 4) is 0 Å². The molecule has 2 aliphatic rings. The van der Waals surface area contributed by atoms with Gasteiger partial charge in [-0.1, -0.05) is 0 Å². The molecule has 2 saturated heterocycles. The van der Waals surface area contributed by atoms with Gasteiger partial charge < -0.3 is 25.2 Å². The predicted molar refractivity (Wildman–Crippen MR) is 86.8 cm³/mol. The van der Waals surface area contributed by atoms with Crippen molar-refractivity contribution in [2.24, 2.45) is 0 Å². The lowest BCUT2D eigenvalue weighted by molar-refractivity contribution is -0.166. The van der Waals surface area contributed by atoms with Crippen molar-refractivity contribution in [2.45, 2.75) is 37.5 Å². The molecule has 5 unspecified atom stereocenters. The van der Waals surface area contributed by atoms with E-state index in [1.54, 1.807) is 29.2 Å². The summed E-state index contributed by atoms with van der Waals surface area (Å²) < 4.78 is 13.1. The highest BCUT2D eigenvalue weighted by Crippen LogP contribution is 2.35. The van der Waals surface area contributed by atoms with Gasteiger partial charge in [0.2, 0.25) is 0 Å². The minimum Gasteiger partial charge on any atom is -0.388 e. The monoisotopic (exact) mass is 345 g/mol. The Morgan fingerprint density at radius 2 is 2.32 bits per heavy atom. The third kappa shape index (κ3) is 3.09. The molecule has 132 valence electrons. The number of anilines is 1. The first-order valence-corrected chi connectivity index (χ1v) is 8.05. The van der Waals surface area contributed by atoms with Gasteiger partial charge in [0.15, 0.2) is 6.29 Å². The van der Waals surface area contributed by atoms with Crippen molar-refractivity contribution < 1.29 is 19.4 Å². The van der Waals surface area contributed by atoms with Crippen LogP contribution in [0, 0.1) is 6.92 Å². The Morgan fingerprint density at radius 1 is 1.44 bits per heavy atom. The summed E-state index contributed by atoms with van der Waals surface area (Å²) in [4.78, 5) is 16.2. The summed E-state index contributed by atoms with van der Waals surface area (Å²) in [5, 5.41) is 20.5. The molecule has 2 fully saturated rings. The molecule has 0 saturated carbocycles. The number of aliphatic hydroxyl groups excluding tert-OH is 1. The van der Waals surface area contributed by atoms with Gasteiger partial charge in [-0.25, -0.2) is 4.79 Å². The van der Waals surface area contributed by atoms with Crippen LogP contribution in [-0.4, -0.2) is 57.0 Å². The quantitative estimate of drug-likeness (QED) is 0.744. The number of nitrogens with zero attached hydrogens (tertiary/aromatic N) is 3. The van der Waals surface area contributed by atoms with Crippen LogP contribution in [0.15, 0.2) is 36.9 Å². The van der Waals surface area contributed by atoms with Crippen LogP contribution in [0.4, 0.5) is 10.5 Å². The minimum atomic E-state index is -0.898. The number of aryl methyl sites for hydroxylation is 1. The first kappa shape index (κ1) is 16.0. The third-order valence-corrected chi connectivity index (χ3v) is 4.38.